The van der Waals surface area contributed by atoms with Crippen molar-refractivity contribution in [1.82, 2.24) is 9.29 Å². The van der Waals surface area contributed by atoms with Crippen molar-refractivity contribution >= 4 is 15.8 Å². The predicted octanol–water partition coefficient (Wildman–Crippen LogP) is 0.589. The number of hydrogen-bond acceptors (Lipinski definition) is 5. The number of aromatic nitrogens is 1. The molecular weight excluding hydrogens is 266 g/mol. The molecule has 6 nitrogen and oxygen atoms in total. The first-order valence-corrected chi connectivity index (χ1v) is 7.84. The summed E-state index contributed by atoms with van der Waals surface area (Å²) in [6.45, 7) is 0.291. The Morgan fingerprint density at radius 1 is 1.47 bits per heavy atom. The Bertz CT molecular complexity index is 529. The third-order valence-electron chi connectivity index (χ3n) is 3.40. The van der Waals surface area contributed by atoms with Gasteiger partial charge in [-0.25, -0.2) is 13.4 Å². The van der Waals surface area contributed by atoms with E-state index in [9.17, 15) is 8.42 Å². The fourth-order valence-corrected chi connectivity index (χ4v) is 3.94. The van der Waals surface area contributed by atoms with Crippen LogP contribution in [0.1, 0.15) is 25.7 Å². The minimum Gasteiger partial charge on any atom is -0.396 e. The van der Waals surface area contributed by atoms with Crippen LogP contribution in [0.15, 0.2) is 23.2 Å². The summed E-state index contributed by atoms with van der Waals surface area (Å²) in [5.41, 5.74) is 5.67. The largest absolute Gasteiger partial charge is 0.396 e. The van der Waals surface area contributed by atoms with Gasteiger partial charge in [-0.3, -0.25) is 0 Å². The molecule has 1 aliphatic rings. The molecule has 3 N–H and O–H groups in total. The molecular formula is C12H19N3O3S. The van der Waals surface area contributed by atoms with E-state index in [-0.39, 0.29) is 23.4 Å². The maximum Gasteiger partial charge on any atom is 0.246 e. The van der Waals surface area contributed by atoms with Crippen molar-refractivity contribution in [1.29, 1.82) is 0 Å². The molecule has 1 heterocycles. The van der Waals surface area contributed by atoms with Gasteiger partial charge in [0, 0.05) is 25.4 Å². The number of aliphatic hydroxyl groups is 1. The molecule has 0 aromatic carbocycles. The van der Waals surface area contributed by atoms with Crippen LogP contribution in [0.3, 0.4) is 0 Å². The van der Waals surface area contributed by atoms with Gasteiger partial charge in [0.1, 0.15) is 10.7 Å². The highest BCUT2D eigenvalue weighted by molar-refractivity contribution is 7.89. The van der Waals surface area contributed by atoms with Gasteiger partial charge < -0.3 is 10.8 Å². The fraction of sp³-hybridized carbons (Fsp3) is 0.583. The Morgan fingerprint density at radius 2 is 2.21 bits per heavy atom. The van der Waals surface area contributed by atoms with Gasteiger partial charge in [0.15, 0.2) is 0 Å². The zero-order chi connectivity index (χ0) is 13.9. The van der Waals surface area contributed by atoms with Crippen LogP contribution in [0.25, 0.3) is 0 Å². The first-order valence-electron chi connectivity index (χ1n) is 6.40. The summed E-state index contributed by atoms with van der Waals surface area (Å²) in [5, 5.41) is 8.92. The van der Waals surface area contributed by atoms with Crippen LogP contribution in [-0.4, -0.2) is 42.0 Å². The Morgan fingerprint density at radius 3 is 2.74 bits per heavy atom. The van der Waals surface area contributed by atoms with Crippen LogP contribution in [-0.2, 0) is 10.0 Å². The third kappa shape index (κ3) is 2.88. The van der Waals surface area contributed by atoms with E-state index < -0.39 is 10.0 Å². The van der Waals surface area contributed by atoms with Gasteiger partial charge in [-0.05, 0) is 31.4 Å². The first-order chi connectivity index (χ1) is 9.07. The molecule has 1 fully saturated rings. The van der Waals surface area contributed by atoms with Gasteiger partial charge in [-0.1, -0.05) is 6.42 Å². The number of nitrogens with two attached hydrogens (primary N) is 1. The van der Waals surface area contributed by atoms with Gasteiger partial charge in [-0.2, -0.15) is 4.31 Å². The molecule has 0 bridgehead atoms. The van der Waals surface area contributed by atoms with Crippen LogP contribution in [0.2, 0.25) is 0 Å². The summed E-state index contributed by atoms with van der Waals surface area (Å²) in [6.07, 6.45) is 4.67. The molecule has 19 heavy (non-hydrogen) atoms. The van der Waals surface area contributed by atoms with Gasteiger partial charge in [0.25, 0.3) is 0 Å². The van der Waals surface area contributed by atoms with E-state index in [1.165, 1.54) is 16.6 Å². The van der Waals surface area contributed by atoms with Crippen molar-refractivity contribution in [3.63, 3.8) is 0 Å². The maximum absolute atomic E-state index is 12.6. The standard InChI is InChI=1S/C12H19N3O3S/c13-12-11(6-2-7-14-12)19(17,18)15(8-3-9-16)10-4-1-5-10/h2,6-7,10,16H,1,3-5,8-9H2,(H2,13,14). The molecule has 1 aromatic rings. The number of pyridine rings is 1. The quantitative estimate of drug-likeness (QED) is 0.797. The maximum atomic E-state index is 12.6. The summed E-state index contributed by atoms with van der Waals surface area (Å²) in [7, 11) is -3.63. The van der Waals surface area contributed by atoms with Crippen molar-refractivity contribution in [3.05, 3.63) is 18.3 Å². The molecule has 0 saturated heterocycles. The zero-order valence-corrected chi connectivity index (χ0v) is 11.5. The lowest BCUT2D eigenvalue weighted by molar-refractivity contribution is 0.198. The lowest BCUT2D eigenvalue weighted by Crippen LogP contribution is -2.45. The number of nitrogen functional groups attached to an aromatic ring is 1. The Labute approximate surface area is 113 Å². The number of aliphatic hydroxyl groups excluding tert-OH is 1. The fourth-order valence-electron chi connectivity index (χ4n) is 2.15. The van der Waals surface area contributed by atoms with E-state index in [4.69, 9.17) is 10.8 Å². The molecule has 1 saturated carbocycles. The molecule has 1 aliphatic carbocycles. The van der Waals surface area contributed by atoms with Crippen LogP contribution in [0.5, 0.6) is 0 Å². The molecule has 7 heteroatoms. The highest BCUT2D eigenvalue weighted by Crippen LogP contribution is 2.31. The van der Waals surface area contributed by atoms with Crippen molar-refractivity contribution in [2.45, 2.75) is 36.6 Å². The van der Waals surface area contributed by atoms with Crippen molar-refractivity contribution in [2.75, 3.05) is 18.9 Å². The molecule has 1 aromatic heterocycles. The lowest BCUT2D eigenvalue weighted by atomic mass is 9.93. The van der Waals surface area contributed by atoms with E-state index in [1.807, 2.05) is 0 Å². The molecule has 2 rings (SSSR count). The Kier molecular flexibility index (Phi) is 4.38. The van der Waals surface area contributed by atoms with E-state index in [0.717, 1.165) is 19.3 Å². The van der Waals surface area contributed by atoms with Gasteiger partial charge in [0.2, 0.25) is 10.0 Å². The normalized spacial score (nSPS) is 16.5. The lowest BCUT2D eigenvalue weighted by Gasteiger charge is -2.36. The number of anilines is 1. The van der Waals surface area contributed by atoms with Crippen LogP contribution >= 0.6 is 0 Å². The van der Waals surface area contributed by atoms with E-state index in [2.05, 4.69) is 4.98 Å². The van der Waals surface area contributed by atoms with Crippen molar-refractivity contribution in [3.8, 4) is 0 Å². The number of sulfonamides is 1. The van der Waals surface area contributed by atoms with E-state index in [1.54, 1.807) is 6.07 Å². The van der Waals surface area contributed by atoms with Crippen LogP contribution in [0.4, 0.5) is 5.82 Å². The smallest absolute Gasteiger partial charge is 0.246 e. The summed E-state index contributed by atoms with van der Waals surface area (Å²) >= 11 is 0. The highest BCUT2D eigenvalue weighted by atomic mass is 32.2. The van der Waals surface area contributed by atoms with Crippen molar-refractivity contribution in [2.24, 2.45) is 0 Å². The predicted molar refractivity (Wildman–Crippen MR) is 71.9 cm³/mol. The average Bonchev–Trinajstić information content (AvgIpc) is 2.32. The second-order valence-electron chi connectivity index (χ2n) is 4.66. The minimum atomic E-state index is -3.63. The molecule has 0 spiro atoms. The summed E-state index contributed by atoms with van der Waals surface area (Å²) in [5.74, 6) is 0.0239. The number of rotatable bonds is 6. The zero-order valence-electron chi connectivity index (χ0n) is 10.7. The summed E-state index contributed by atoms with van der Waals surface area (Å²) < 4.78 is 26.7. The second-order valence-corrected chi connectivity index (χ2v) is 6.52. The second kappa shape index (κ2) is 5.85. The van der Waals surface area contributed by atoms with Crippen molar-refractivity contribution < 1.29 is 13.5 Å². The molecule has 0 atom stereocenters. The Hall–Kier alpha value is -1.18. The van der Waals surface area contributed by atoms with Crippen LogP contribution < -0.4 is 5.73 Å². The van der Waals surface area contributed by atoms with Gasteiger partial charge >= 0.3 is 0 Å². The SMILES string of the molecule is Nc1ncccc1S(=O)(=O)N(CCCO)C1CCC1. The molecule has 0 unspecified atom stereocenters. The highest BCUT2D eigenvalue weighted by Gasteiger charge is 2.35. The first kappa shape index (κ1) is 14.2. The van der Waals surface area contributed by atoms with Gasteiger partial charge in [0.05, 0.1) is 0 Å². The van der Waals surface area contributed by atoms with E-state index in [0.29, 0.717) is 13.0 Å². The Balaban J connectivity index is 2.31. The van der Waals surface area contributed by atoms with Gasteiger partial charge in [-0.15, -0.1) is 0 Å². The third-order valence-corrected chi connectivity index (χ3v) is 5.40. The molecule has 0 aliphatic heterocycles. The summed E-state index contributed by atoms with van der Waals surface area (Å²) in [6, 6.07) is 3.06. The average molecular weight is 285 g/mol. The monoisotopic (exact) mass is 285 g/mol. The molecule has 106 valence electrons. The number of hydrogen-bond donors (Lipinski definition) is 2. The minimum absolute atomic E-state index is 0.0239. The van der Waals surface area contributed by atoms with E-state index >= 15 is 0 Å². The number of nitrogens with zero attached hydrogens (tertiary/aromatic N) is 2. The molecule has 0 amide bonds. The summed E-state index contributed by atoms with van der Waals surface area (Å²) in [4.78, 5) is 3.89. The topological polar surface area (TPSA) is 96.5 Å². The molecule has 0 radical (unpaired) electrons. The van der Waals surface area contributed by atoms with Crippen LogP contribution in [0, 0.1) is 0 Å².